The monoisotopic (exact) mass is 482 g/mol. The maximum atomic E-state index is 13.7. The summed E-state index contributed by atoms with van der Waals surface area (Å²) in [7, 11) is 0. The Morgan fingerprint density at radius 2 is 1.94 bits per heavy atom. The molecule has 5 aliphatic rings. The first-order chi connectivity index (χ1) is 16.9. The maximum absolute atomic E-state index is 13.7. The van der Waals surface area contributed by atoms with Gasteiger partial charge in [-0.25, -0.2) is 5.43 Å². The van der Waals surface area contributed by atoms with Crippen molar-refractivity contribution in [2.24, 2.45) is 40.9 Å². The smallest absolute Gasteiger partial charge is 0.161 e. The molecule has 8 atom stereocenters. The van der Waals surface area contributed by atoms with Crippen LogP contribution in [0.25, 0.3) is 0 Å². The summed E-state index contributed by atoms with van der Waals surface area (Å²) in [6.07, 6.45) is 10.2. The predicted octanol–water partition coefficient (Wildman–Crippen LogP) is 3.92. The lowest BCUT2D eigenvalue weighted by Gasteiger charge is -2.57. The molecule has 0 spiro atoms. The highest BCUT2D eigenvalue weighted by Crippen LogP contribution is 2.64. The number of nitrogens with one attached hydrogen (secondary N) is 1. The third-order valence-electron chi connectivity index (χ3n) is 11.0. The lowest BCUT2D eigenvalue weighted by atomic mass is 9.49. The van der Waals surface area contributed by atoms with Crippen LogP contribution < -0.4 is 16.0 Å². The van der Waals surface area contributed by atoms with Crippen LogP contribution in [-0.4, -0.2) is 36.2 Å². The van der Waals surface area contributed by atoms with Crippen molar-refractivity contribution in [3.8, 4) is 0 Å². The number of ether oxygens (including phenoxy) is 1. The molecule has 0 bridgehead atoms. The van der Waals surface area contributed by atoms with Gasteiger partial charge in [0.15, 0.2) is 5.78 Å². The number of hydrogen-bond donors (Lipinski definition) is 3. The number of nitrogen functional groups attached to an aromatic ring is 1. The van der Waals surface area contributed by atoms with Gasteiger partial charge in [-0.3, -0.25) is 4.79 Å². The molecule has 1 heterocycles. The van der Waals surface area contributed by atoms with E-state index in [1.807, 2.05) is 24.6 Å². The van der Waals surface area contributed by atoms with Gasteiger partial charge in [0.05, 0.1) is 12.2 Å². The van der Waals surface area contributed by atoms with Crippen molar-refractivity contribution in [3.05, 3.63) is 24.3 Å². The molecule has 8 unspecified atom stereocenters. The van der Waals surface area contributed by atoms with Crippen molar-refractivity contribution in [2.45, 2.75) is 77.2 Å². The number of aliphatic hydroxyl groups is 1. The SMILES string of the molecule is CCOCC1(O)CCC2C(CCC3C2CCC2(C)C(C(=O)CN4[NH2+]Nc5ccccc54)CCC32)C1. The van der Waals surface area contributed by atoms with E-state index in [2.05, 4.69) is 29.5 Å². The number of nitrogens with two attached hydrogens (primary N) is 1. The van der Waals surface area contributed by atoms with Gasteiger partial charge in [-0.05, 0) is 112 Å². The Hall–Kier alpha value is -1.63. The number of fused-ring (bicyclic) bond motifs is 6. The highest BCUT2D eigenvalue weighted by Gasteiger charge is 2.59. The number of quaternary nitrogens is 1. The topological polar surface area (TPSA) is 78.4 Å². The zero-order valence-corrected chi connectivity index (χ0v) is 21.5. The maximum Gasteiger partial charge on any atom is 0.161 e. The van der Waals surface area contributed by atoms with Crippen LogP contribution in [0.5, 0.6) is 0 Å². The van der Waals surface area contributed by atoms with Gasteiger partial charge in [0.25, 0.3) is 0 Å². The number of benzene rings is 1. The Morgan fingerprint density at radius 1 is 1.11 bits per heavy atom. The number of carbonyl (C=O) groups is 1. The Morgan fingerprint density at radius 3 is 2.80 bits per heavy atom. The van der Waals surface area contributed by atoms with Crippen molar-refractivity contribution >= 4 is 17.2 Å². The molecule has 4 fully saturated rings. The van der Waals surface area contributed by atoms with Crippen molar-refractivity contribution < 1.29 is 20.2 Å². The van der Waals surface area contributed by atoms with Crippen LogP contribution in [0.3, 0.4) is 0 Å². The van der Waals surface area contributed by atoms with Gasteiger partial charge in [0.2, 0.25) is 0 Å². The molecule has 35 heavy (non-hydrogen) atoms. The van der Waals surface area contributed by atoms with E-state index in [1.165, 1.54) is 32.1 Å². The second-order valence-electron chi connectivity index (χ2n) is 12.6. The molecule has 192 valence electrons. The molecule has 0 amide bonds. The summed E-state index contributed by atoms with van der Waals surface area (Å²) < 4.78 is 5.64. The van der Waals surface area contributed by atoms with E-state index in [-0.39, 0.29) is 11.3 Å². The standard InChI is InChI=1S/C29H43N3O3/c1-3-35-18-29(34)15-13-20-19(16-29)8-9-22-21(20)12-14-28(2)23(22)10-11-24(28)27(33)17-32-26-7-5-4-6-25(26)30-31-32/h4-7,19-24,30-31,34H,3,8-18H2,1-2H3/p+1. The predicted molar refractivity (Wildman–Crippen MR) is 136 cm³/mol. The Balaban J connectivity index is 1.13. The van der Waals surface area contributed by atoms with Gasteiger partial charge in [0, 0.05) is 12.5 Å². The Kier molecular flexibility index (Phi) is 6.13. The van der Waals surface area contributed by atoms with Crippen LogP contribution in [0.2, 0.25) is 0 Å². The number of rotatable bonds is 6. The summed E-state index contributed by atoms with van der Waals surface area (Å²) >= 11 is 0. The van der Waals surface area contributed by atoms with Crippen LogP contribution in [0, 0.1) is 40.9 Å². The van der Waals surface area contributed by atoms with E-state index in [4.69, 9.17) is 4.74 Å². The van der Waals surface area contributed by atoms with E-state index in [0.717, 1.165) is 54.8 Å². The number of nitrogens with zero attached hydrogens (tertiary/aromatic N) is 1. The van der Waals surface area contributed by atoms with E-state index in [1.54, 1.807) is 0 Å². The van der Waals surface area contributed by atoms with E-state index in [0.29, 0.717) is 37.4 Å². The van der Waals surface area contributed by atoms with Gasteiger partial charge < -0.3 is 9.84 Å². The van der Waals surface area contributed by atoms with Crippen molar-refractivity contribution in [2.75, 3.05) is 30.2 Å². The van der Waals surface area contributed by atoms with Gasteiger partial charge in [-0.1, -0.05) is 19.1 Å². The summed E-state index contributed by atoms with van der Waals surface area (Å²) in [5, 5.41) is 13.2. The highest BCUT2D eigenvalue weighted by molar-refractivity contribution is 5.87. The quantitative estimate of drug-likeness (QED) is 0.536. The number of hydrogen-bond acceptors (Lipinski definition) is 5. The number of anilines is 2. The minimum Gasteiger partial charge on any atom is -0.387 e. The molecule has 4 saturated carbocycles. The molecule has 1 aliphatic heterocycles. The minimum atomic E-state index is -0.613. The number of carbonyl (C=O) groups excluding carboxylic acids is 1. The van der Waals surface area contributed by atoms with E-state index >= 15 is 0 Å². The van der Waals surface area contributed by atoms with Crippen LogP contribution in [0.4, 0.5) is 11.4 Å². The van der Waals surface area contributed by atoms with Crippen molar-refractivity contribution in [3.63, 3.8) is 0 Å². The molecule has 1 aromatic carbocycles. The van der Waals surface area contributed by atoms with Gasteiger partial charge in [-0.15, -0.1) is 5.53 Å². The zero-order chi connectivity index (χ0) is 24.2. The van der Waals surface area contributed by atoms with Crippen molar-refractivity contribution in [1.82, 2.24) is 0 Å². The number of ketones is 1. The molecular formula is C29H44N3O3+. The minimum absolute atomic E-state index is 0.155. The highest BCUT2D eigenvalue weighted by atomic mass is 16.5. The first kappa shape index (κ1) is 23.7. The van der Waals surface area contributed by atoms with Crippen LogP contribution in [-0.2, 0) is 9.53 Å². The average molecular weight is 483 g/mol. The van der Waals surface area contributed by atoms with Gasteiger partial charge in [0.1, 0.15) is 17.9 Å². The van der Waals surface area contributed by atoms with E-state index < -0.39 is 5.60 Å². The van der Waals surface area contributed by atoms with Crippen molar-refractivity contribution in [1.29, 1.82) is 0 Å². The van der Waals surface area contributed by atoms with Crippen LogP contribution in [0.15, 0.2) is 24.3 Å². The van der Waals surface area contributed by atoms with Gasteiger partial charge in [-0.2, -0.15) is 5.01 Å². The second-order valence-corrected chi connectivity index (χ2v) is 12.6. The Bertz CT molecular complexity index is 955. The largest absolute Gasteiger partial charge is 0.387 e. The summed E-state index contributed by atoms with van der Waals surface area (Å²) in [6.45, 7) is 6.13. The number of Topliss-reactive ketones (excluding diaryl/α,β-unsaturated/α-hetero) is 1. The molecule has 4 aliphatic carbocycles. The first-order valence-corrected chi connectivity index (χ1v) is 14.2. The third-order valence-corrected chi connectivity index (χ3v) is 11.0. The summed E-state index contributed by atoms with van der Waals surface area (Å²) in [4.78, 5) is 13.7. The normalized spacial score (nSPS) is 42.0. The zero-order valence-electron chi connectivity index (χ0n) is 21.5. The second kappa shape index (κ2) is 9.04. The molecule has 0 radical (unpaired) electrons. The molecule has 1 aromatic rings. The average Bonchev–Trinajstić information content (AvgIpc) is 3.43. The first-order valence-electron chi connectivity index (χ1n) is 14.2. The lowest BCUT2D eigenvalue weighted by molar-refractivity contribution is -0.630. The fourth-order valence-electron chi connectivity index (χ4n) is 9.39. The summed E-state index contributed by atoms with van der Waals surface area (Å²) in [5.41, 5.74) is 7.03. The van der Waals surface area contributed by atoms with E-state index in [9.17, 15) is 9.90 Å². The fourth-order valence-corrected chi connectivity index (χ4v) is 9.39. The molecule has 6 heteroatoms. The molecule has 4 N–H and O–H groups in total. The molecule has 0 aromatic heterocycles. The lowest BCUT2D eigenvalue weighted by Crippen LogP contribution is -2.96. The molecule has 6 nitrogen and oxygen atoms in total. The summed E-state index contributed by atoms with van der Waals surface area (Å²) in [5.74, 6) is 4.28. The summed E-state index contributed by atoms with van der Waals surface area (Å²) in [6, 6.07) is 8.25. The fraction of sp³-hybridized carbons (Fsp3) is 0.759. The molecule has 0 saturated heterocycles. The molecular weight excluding hydrogens is 438 g/mol. The van der Waals surface area contributed by atoms with Crippen LogP contribution >= 0.6 is 0 Å². The molecule has 6 rings (SSSR count). The third kappa shape index (κ3) is 4.00. The van der Waals surface area contributed by atoms with Crippen LogP contribution in [0.1, 0.15) is 71.6 Å². The number of para-hydroxylation sites is 2. The van der Waals surface area contributed by atoms with Gasteiger partial charge >= 0.3 is 0 Å². The Labute approximate surface area is 210 Å².